The van der Waals surface area contributed by atoms with Gasteiger partial charge in [0.2, 0.25) is 0 Å². The molecule has 1 aromatic heterocycles. The molecule has 0 fully saturated rings. The number of aromatic nitrogens is 1. The fourth-order valence-corrected chi connectivity index (χ4v) is 2.03. The molecule has 1 aromatic carbocycles. The first kappa shape index (κ1) is 13.4. The van der Waals surface area contributed by atoms with Gasteiger partial charge in [-0.25, -0.2) is 13.8 Å². The normalized spacial score (nSPS) is 12.4. The molecule has 2 aromatic rings. The molecular weight excluding hydrogens is 248 g/mol. The molecule has 0 saturated carbocycles. The molecule has 1 unspecified atom stereocenters. The Balaban J connectivity index is 2.55. The summed E-state index contributed by atoms with van der Waals surface area (Å²) >= 11 is 0. The molecule has 1 atom stereocenters. The lowest BCUT2D eigenvalue weighted by atomic mass is 9.98. The van der Waals surface area contributed by atoms with E-state index in [4.69, 9.17) is 5.73 Å². The number of nitrogens with one attached hydrogen (secondary N) is 1. The van der Waals surface area contributed by atoms with E-state index in [0.717, 1.165) is 0 Å². The lowest BCUT2D eigenvalue weighted by molar-refractivity contribution is 0.510. The van der Waals surface area contributed by atoms with Crippen molar-refractivity contribution in [1.82, 2.24) is 10.3 Å². The molecule has 0 radical (unpaired) electrons. The summed E-state index contributed by atoms with van der Waals surface area (Å²) in [7, 11) is 0. The van der Waals surface area contributed by atoms with Crippen molar-refractivity contribution in [3.8, 4) is 0 Å². The van der Waals surface area contributed by atoms with E-state index in [0.29, 0.717) is 12.1 Å². The third-order valence-electron chi connectivity index (χ3n) is 2.88. The van der Waals surface area contributed by atoms with Gasteiger partial charge in [-0.05, 0) is 24.7 Å². The minimum absolute atomic E-state index is 0.0379. The quantitative estimate of drug-likeness (QED) is 0.891. The Morgan fingerprint density at radius 2 is 1.89 bits per heavy atom. The van der Waals surface area contributed by atoms with Crippen molar-refractivity contribution >= 4 is 5.82 Å². The van der Waals surface area contributed by atoms with Crippen LogP contribution in [0.5, 0.6) is 0 Å². The van der Waals surface area contributed by atoms with Crippen LogP contribution in [0.3, 0.4) is 0 Å². The number of nitrogens with zero attached hydrogens (tertiary/aromatic N) is 1. The highest BCUT2D eigenvalue weighted by Gasteiger charge is 2.23. The highest BCUT2D eigenvalue weighted by molar-refractivity contribution is 5.46. The first-order valence-corrected chi connectivity index (χ1v) is 6.02. The van der Waals surface area contributed by atoms with E-state index in [1.54, 1.807) is 18.3 Å². The summed E-state index contributed by atoms with van der Waals surface area (Å²) in [6, 6.07) is 6.55. The summed E-state index contributed by atoms with van der Waals surface area (Å²) in [4.78, 5) is 3.96. The van der Waals surface area contributed by atoms with Crippen LogP contribution in [0.25, 0.3) is 0 Å². The number of anilines is 1. The van der Waals surface area contributed by atoms with E-state index in [2.05, 4.69) is 10.3 Å². The van der Waals surface area contributed by atoms with Crippen molar-refractivity contribution in [2.75, 3.05) is 12.3 Å². The number of halogens is 2. The Morgan fingerprint density at radius 3 is 2.47 bits per heavy atom. The SMILES string of the molecule is CCNC(c1cccnc1N)c1c(F)cccc1F. The van der Waals surface area contributed by atoms with Gasteiger partial charge < -0.3 is 11.1 Å². The Morgan fingerprint density at radius 1 is 1.21 bits per heavy atom. The molecule has 3 N–H and O–H groups in total. The van der Waals surface area contributed by atoms with Crippen LogP contribution in [0.4, 0.5) is 14.6 Å². The maximum Gasteiger partial charge on any atom is 0.131 e. The van der Waals surface area contributed by atoms with Crippen molar-refractivity contribution in [3.63, 3.8) is 0 Å². The van der Waals surface area contributed by atoms with E-state index in [-0.39, 0.29) is 11.4 Å². The van der Waals surface area contributed by atoms with Crippen LogP contribution >= 0.6 is 0 Å². The second kappa shape index (κ2) is 5.75. The Labute approximate surface area is 110 Å². The molecular formula is C14H15F2N3. The van der Waals surface area contributed by atoms with Crippen LogP contribution in [0.2, 0.25) is 0 Å². The smallest absolute Gasteiger partial charge is 0.131 e. The number of hydrogen-bond donors (Lipinski definition) is 2. The van der Waals surface area contributed by atoms with E-state index in [1.165, 1.54) is 18.2 Å². The van der Waals surface area contributed by atoms with Crippen LogP contribution in [-0.2, 0) is 0 Å². The van der Waals surface area contributed by atoms with Gasteiger partial charge in [0, 0.05) is 17.3 Å². The van der Waals surface area contributed by atoms with Crippen molar-refractivity contribution in [2.24, 2.45) is 0 Å². The summed E-state index contributed by atoms with van der Waals surface area (Å²) in [5, 5.41) is 3.04. The highest BCUT2D eigenvalue weighted by atomic mass is 19.1. The Kier molecular flexibility index (Phi) is 4.06. The number of rotatable bonds is 4. The Bertz CT molecular complexity index is 552. The van der Waals surface area contributed by atoms with Gasteiger partial charge in [-0.15, -0.1) is 0 Å². The Hall–Kier alpha value is -2.01. The van der Waals surface area contributed by atoms with Crippen LogP contribution in [0.15, 0.2) is 36.5 Å². The molecule has 5 heteroatoms. The topological polar surface area (TPSA) is 50.9 Å². The molecule has 19 heavy (non-hydrogen) atoms. The number of nitrogens with two attached hydrogens (primary N) is 1. The minimum Gasteiger partial charge on any atom is -0.383 e. The predicted molar refractivity (Wildman–Crippen MR) is 70.5 cm³/mol. The number of hydrogen-bond acceptors (Lipinski definition) is 3. The summed E-state index contributed by atoms with van der Waals surface area (Å²) in [5.41, 5.74) is 6.32. The fraction of sp³-hybridized carbons (Fsp3) is 0.214. The molecule has 0 aliphatic heterocycles. The van der Waals surface area contributed by atoms with Crippen molar-refractivity contribution in [3.05, 3.63) is 59.3 Å². The van der Waals surface area contributed by atoms with Crippen molar-refractivity contribution < 1.29 is 8.78 Å². The van der Waals surface area contributed by atoms with Gasteiger partial charge in [0.1, 0.15) is 17.5 Å². The minimum atomic E-state index is -0.653. The lowest BCUT2D eigenvalue weighted by Gasteiger charge is -2.21. The summed E-state index contributed by atoms with van der Waals surface area (Å²) < 4.78 is 27.8. The van der Waals surface area contributed by atoms with Gasteiger partial charge in [-0.2, -0.15) is 0 Å². The summed E-state index contributed by atoms with van der Waals surface area (Å²) in [6.07, 6.45) is 1.54. The van der Waals surface area contributed by atoms with Crippen LogP contribution in [0, 0.1) is 11.6 Å². The summed E-state index contributed by atoms with van der Waals surface area (Å²) in [5.74, 6) is -0.945. The highest BCUT2D eigenvalue weighted by Crippen LogP contribution is 2.29. The maximum absolute atomic E-state index is 13.9. The zero-order valence-corrected chi connectivity index (χ0v) is 10.5. The van der Waals surface area contributed by atoms with E-state index < -0.39 is 17.7 Å². The zero-order valence-electron chi connectivity index (χ0n) is 10.5. The average Bonchev–Trinajstić information content (AvgIpc) is 2.38. The predicted octanol–water partition coefficient (Wildman–Crippen LogP) is 2.64. The first-order chi connectivity index (χ1) is 9.15. The average molecular weight is 263 g/mol. The molecule has 0 amide bonds. The van der Waals surface area contributed by atoms with Gasteiger partial charge in [-0.1, -0.05) is 19.1 Å². The molecule has 1 heterocycles. The van der Waals surface area contributed by atoms with E-state index in [9.17, 15) is 8.78 Å². The maximum atomic E-state index is 13.9. The van der Waals surface area contributed by atoms with Gasteiger partial charge in [0.25, 0.3) is 0 Å². The third-order valence-corrected chi connectivity index (χ3v) is 2.88. The largest absolute Gasteiger partial charge is 0.383 e. The monoisotopic (exact) mass is 263 g/mol. The van der Waals surface area contributed by atoms with Crippen LogP contribution in [0.1, 0.15) is 24.1 Å². The van der Waals surface area contributed by atoms with Gasteiger partial charge in [0.05, 0.1) is 6.04 Å². The second-order valence-electron chi connectivity index (χ2n) is 4.10. The van der Waals surface area contributed by atoms with Gasteiger partial charge in [-0.3, -0.25) is 0 Å². The third kappa shape index (κ3) is 2.71. The van der Waals surface area contributed by atoms with Crippen molar-refractivity contribution in [1.29, 1.82) is 0 Å². The van der Waals surface area contributed by atoms with Gasteiger partial charge >= 0.3 is 0 Å². The molecule has 0 aliphatic carbocycles. The lowest BCUT2D eigenvalue weighted by Crippen LogP contribution is -2.25. The van der Waals surface area contributed by atoms with E-state index >= 15 is 0 Å². The molecule has 0 spiro atoms. The van der Waals surface area contributed by atoms with Crippen molar-refractivity contribution in [2.45, 2.75) is 13.0 Å². The number of benzene rings is 1. The fourth-order valence-electron chi connectivity index (χ4n) is 2.03. The zero-order chi connectivity index (χ0) is 13.8. The molecule has 2 rings (SSSR count). The van der Waals surface area contributed by atoms with Gasteiger partial charge in [0.15, 0.2) is 0 Å². The summed E-state index contributed by atoms with van der Waals surface area (Å²) in [6.45, 7) is 2.41. The molecule has 100 valence electrons. The first-order valence-electron chi connectivity index (χ1n) is 6.02. The molecule has 3 nitrogen and oxygen atoms in total. The second-order valence-corrected chi connectivity index (χ2v) is 4.10. The standard InChI is InChI=1S/C14H15F2N3/c1-2-18-13(9-5-4-8-19-14(9)17)12-10(15)6-3-7-11(12)16/h3-8,13,18H,2H2,1H3,(H2,17,19). The molecule has 0 aliphatic rings. The van der Waals surface area contributed by atoms with Crippen LogP contribution < -0.4 is 11.1 Å². The molecule has 0 bridgehead atoms. The number of pyridine rings is 1. The van der Waals surface area contributed by atoms with Crippen LogP contribution in [-0.4, -0.2) is 11.5 Å². The number of nitrogen functional groups attached to an aromatic ring is 1. The molecule has 0 saturated heterocycles. The van der Waals surface area contributed by atoms with E-state index in [1.807, 2.05) is 6.92 Å².